The van der Waals surface area contributed by atoms with E-state index in [1.54, 1.807) is 24.3 Å². The highest BCUT2D eigenvalue weighted by atomic mass is 32.2. The van der Waals surface area contributed by atoms with Gasteiger partial charge >= 0.3 is 0 Å². The van der Waals surface area contributed by atoms with Crippen molar-refractivity contribution in [3.05, 3.63) is 35.7 Å². The fourth-order valence-electron chi connectivity index (χ4n) is 1.63. The van der Waals surface area contributed by atoms with Crippen molar-refractivity contribution >= 4 is 23.4 Å². The number of H-pyrrole nitrogens is 1. The van der Waals surface area contributed by atoms with Crippen LogP contribution in [-0.4, -0.2) is 26.8 Å². The Hall–Kier alpha value is -2.33. The molecule has 21 heavy (non-hydrogen) atoms. The van der Waals surface area contributed by atoms with Crippen LogP contribution >= 0.6 is 11.8 Å². The van der Waals surface area contributed by atoms with Gasteiger partial charge in [0, 0.05) is 17.9 Å². The molecular formula is C14H15N5OS. The van der Waals surface area contributed by atoms with Gasteiger partial charge in [0.1, 0.15) is 5.82 Å². The quantitative estimate of drug-likeness (QED) is 0.631. The van der Waals surface area contributed by atoms with E-state index < -0.39 is 0 Å². The van der Waals surface area contributed by atoms with E-state index in [1.807, 2.05) is 13.0 Å². The van der Waals surface area contributed by atoms with Crippen LogP contribution in [0.15, 0.2) is 29.4 Å². The summed E-state index contributed by atoms with van der Waals surface area (Å²) in [5.74, 6) is 1.54. The Morgan fingerprint density at radius 1 is 1.43 bits per heavy atom. The van der Waals surface area contributed by atoms with Gasteiger partial charge in [-0.2, -0.15) is 5.26 Å². The number of hydrogen-bond acceptors (Lipinski definition) is 5. The molecule has 0 aliphatic carbocycles. The lowest BCUT2D eigenvalue weighted by Crippen LogP contribution is -2.11. The van der Waals surface area contributed by atoms with Crippen molar-refractivity contribution in [2.24, 2.45) is 0 Å². The van der Waals surface area contributed by atoms with Crippen molar-refractivity contribution in [2.75, 3.05) is 11.1 Å². The van der Waals surface area contributed by atoms with E-state index in [2.05, 4.69) is 20.5 Å². The zero-order valence-electron chi connectivity index (χ0n) is 11.6. The van der Waals surface area contributed by atoms with Gasteiger partial charge in [-0.3, -0.25) is 9.89 Å². The molecule has 0 spiro atoms. The monoisotopic (exact) mass is 301 g/mol. The van der Waals surface area contributed by atoms with Crippen LogP contribution in [0, 0.1) is 18.3 Å². The van der Waals surface area contributed by atoms with Crippen LogP contribution in [0.3, 0.4) is 0 Å². The first-order valence-electron chi connectivity index (χ1n) is 6.49. The molecule has 6 nitrogen and oxygen atoms in total. The molecule has 1 aromatic carbocycles. The van der Waals surface area contributed by atoms with Gasteiger partial charge in [0.25, 0.3) is 0 Å². The second-order valence-electron chi connectivity index (χ2n) is 4.39. The number of hydrogen-bond donors (Lipinski definition) is 2. The van der Waals surface area contributed by atoms with E-state index in [-0.39, 0.29) is 5.91 Å². The van der Waals surface area contributed by atoms with Gasteiger partial charge in [0.2, 0.25) is 11.1 Å². The lowest BCUT2D eigenvalue weighted by molar-refractivity contribution is -0.116. The molecule has 0 atom stereocenters. The predicted molar refractivity (Wildman–Crippen MR) is 80.9 cm³/mol. The summed E-state index contributed by atoms with van der Waals surface area (Å²) in [6.07, 6.45) is 1.19. The number of nitrogens with zero attached hydrogens (tertiary/aromatic N) is 3. The number of anilines is 1. The Labute approximate surface area is 127 Å². The normalized spacial score (nSPS) is 10.1. The van der Waals surface area contributed by atoms with Gasteiger partial charge < -0.3 is 5.32 Å². The van der Waals surface area contributed by atoms with E-state index in [9.17, 15) is 4.79 Å². The average molecular weight is 301 g/mol. The molecule has 108 valence electrons. The fourth-order valence-corrected chi connectivity index (χ4v) is 2.42. The first-order valence-corrected chi connectivity index (χ1v) is 7.48. The number of nitrogens with one attached hydrogen (secondary N) is 2. The molecule has 1 heterocycles. The number of rotatable bonds is 6. The van der Waals surface area contributed by atoms with Crippen LogP contribution < -0.4 is 5.32 Å². The van der Waals surface area contributed by atoms with Crippen molar-refractivity contribution in [1.82, 2.24) is 15.2 Å². The molecule has 0 bridgehead atoms. The van der Waals surface area contributed by atoms with Crippen molar-refractivity contribution in [3.63, 3.8) is 0 Å². The van der Waals surface area contributed by atoms with E-state index in [0.29, 0.717) is 22.8 Å². The summed E-state index contributed by atoms with van der Waals surface area (Å²) in [7, 11) is 0. The molecule has 0 radical (unpaired) electrons. The highest BCUT2D eigenvalue weighted by Gasteiger charge is 2.04. The molecule has 0 aliphatic rings. The maximum Gasteiger partial charge on any atom is 0.224 e. The van der Waals surface area contributed by atoms with Crippen LogP contribution in [0.2, 0.25) is 0 Å². The standard InChI is InChI=1S/C14H15N5OS/c1-10-16-14(19-18-10)21-8-2-3-13(20)17-12-6-4-11(9-15)5-7-12/h4-7H,2-3,8H2,1H3,(H,17,20)(H,16,18,19). The van der Waals surface area contributed by atoms with Gasteiger partial charge in [0.05, 0.1) is 11.6 Å². The number of amides is 1. The van der Waals surface area contributed by atoms with Crippen LogP contribution in [0.5, 0.6) is 0 Å². The van der Waals surface area contributed by atoms with E-state index in [0.717, 1.165) is 18.0 Å². The maximum atomic E-state index is 11.8. The molecule has 0 saturated heterocycles. The van der Waals surface area contributed by atoms with E-state index >= 15 is 0 Å². The topological polar surface area (TPSA) is 94.5 Å². The van der Waals surface area contributed by atoms with Gasteiger partial charge in [-0.25, -0.2) is 4.98 Å². The lowest BCUT2D eigenvalue weighted by Gasteiger charge is -2.04. The number of aryl methyl sites for hydroxylation is 1. The summed E-state index contributed by atoms with van der Waals surface area (Å²) < 4.78 is 0. The van der Waals surface area contributed by atoms with Crippen LogP contribution in [0.4, 0.5) is 5.69 Å². The molecule has 2 rings (SSSR count). The van der Waals surface area contributed by atoms with Crippen molar-refractivity contribution in [1.29, 1.82) is 5.26 Å². The van der Waals surface area contributed by atoms with Crippen LogP contribution in [0.25, 0.3) is 0 Å². The largest absolute Gasteiger partial charge is 0.326 e. The minimum Gasteiger partial charge on any atom is -0.326 e. The summed E-state index contributed by atoms with van der Waals surface area (Å²) in [6.45, 7) is 1.85. The minimum atomic E-state index is -0.0357. The second kappa shape index (κ2) is 7.45. The molecule has 0 aliphatic heterocycles. The number of thioether (sulfide) groups is 1. The Balaban J connectivity index is 1.68. The number of carbonyl (C=O) groups excluding carboxylic acids is 1. The van der Waals surface area contributed by atoms with Gasteiger partial charge in [0.15, 0.2) is 0 Å². The van der Waals surface area contributed by atoms with Crippen LogP contribution in [-0.2, 0) is 4.79 Å². The number of aromatic nitrogens is 3. The second-order valence-corrected chi connectivity index (χ2v) is 5.45. The summed E-state index contributed by atoms with van der Waals surface area (Å²) in [6, 6.07) is 8.84. The summed E-state index contributed by atoms with van der Waals surface area (Å²) in [5, 5.41) is 19.0. The zero-order chi connectivity index (χ0) is 15.1. The molecule has 1 aromatic heterocycles. The third-order valence-electron chi connectivity index (χ3n) is 2.65. The molecular weight excluding hydrogens is 286 g/mol. The van der Waals surface area contributed by atoms with Crippen molar-refractivity contribution < 1.29 is 4.79 Å². The smallest absolute Gasteiger partial charge is 0.224 e. The van der Waals surface area contributed by atoms with Crippen LogP contribution in [0.1, 0.15) is 24.2 Å². The lowest BCUT2D eigenvalue weighted by atomic mass is 10.2. The Bertz CT molecular complexity index is 644. The molecule has 0 saturated carbocycles. The number of carbonyl (C=O) groups is 1. The highest BCUT2D eigenvalue weighted by molar-refractivity contribution is 7.99. The number of aromatic amines is 1. The minimum absolute atomic E-state index is 0.0357. The molecule has 7 heteroatoms. The first kappa shape index (κ1) is 15.1. The number of benzene rings is 1. The molecule has 0 fully saturated rings. The molecule has 0 unspecified atom stereocenters. The van der Waals surface area contributed by atoms with Crippen molar-refractivity contribution in [3.8, 4) is 6.07 Å². The Morgan fingerprint density at radius 2 is 2.19 bits per heavy atom. The predicted octanol–water partition coefficient (Wildman–Crippen LogP) is 2.50. The first-order chi connectivity index (χ1) is 10.2. The van der Waals surface area contributed by atoms with Crippen molar-refractivity contribution in [2.45, 2.75) is 24.9 Å². The van der Waals surface area contributed by atoms with Gasteiger partial charge in [-0.1, -0.05) is 11.8 Å². The molecule has 2 N–H and O–H groups in total. The SMILES string of the molecule is Cc1nc(SCCCC(=O)Nc2ccc(C#N)cc2)n[nH]1. The third kappa shape index (κ3) is 4.93. The third-order valence-corrected chi connectivity index (χ3v) is 3.59. The van der Waals surface area contributed by atoms with Gasteiger partial charge in [-0.05, 0) is 37.6 Å². The zero-order valence-corrected chi connectivity index (χ0v) is 12.4. The summed E-state index contributed by atoms with van der Waals surface area (Å²) in [5.41, 5.74) is 1.28. The fraction of sp³-hybridized carbons (Fsp3) is 0.286. The van der Waals surface area contributed by atoms with Gasteiger partial charge in [-0.15, -0.1) is 5.10 Å². The average Bonchev–Trinajstić information content (AvgIpc) is 2.90. The Morgan fingerprint density at radius 3 is 2.81 bits per heavy atom. The van der Waals surface area contributed by atoms with E-state index in [1.165, 1.54) is 11.8 Å². The van der Waals surface area contributed by atoms with E-state index in [4.69, 9.17) is 5.26 Å². The highest BCUT2D eigenvalue weighted by Crippen LogP contribution is 2.15. The summed E-state index contributed by atoms with van der Waals surface area (Å²) in [4.78, 5) is 15.9. The summed E-state index contributed by atoms with van der Waals surface area (Å²) >= 11 is 1.52. The molecule has 2 aromatic rings. The maximum absolute atomic E-state index is 11.8. The molecule has 1 amide bonds. The number of nitriles is 1. The Kier molecular flexibility index (Phi) is 5.35.